The fourth-order valence-corrected chi connectivity index (χ4v) is 1.36. The summed E-state index contributed by atoms with van der Waals surface area (Å²) in [6.45, 7) is 6.81. The van der Waals surface area contributed by atoms with Crippen LogP contribution in [0, 0.1) is 0 Å². The second-order valence-corrected chi connectivity index (χ2v) is 4.15. The number of nitrogens with one attached hydrogen (secondary N) is 2. The highest BCUT2D eigenvalue weighted by Crippen LogP contribution is 2.09. The fourth-order valence-electron chi connectivity index (χ4n) is 1.36. The van der Waals surface area contributed by atoms with Gasteiger partial charge in [0.2, 0.25) is 0 Å². The maximum Gasteiger partial charge on any atom is 0.0635 e. The van der Waals surface area contributed by atoms with Gasteiger partial charge in [-0.15, -0.1) is 0 Å². The Labute approximate surface area is 98.2 Å². The molecule has 0 heterocycles. The molecule has 16 heavy (non-hydrogen) atoms. The van der Waals surface area contributed by atoms with E-state index in [2.05, 4.69) is 48.7 Å². The van der Waals surface area contributed by atoms with Gasteiger partial charge in [-0.1, -0.05) is 26.0 Å². The first kappa shape index (κ1) is 13.0. The zero-order chi connectivity index (χ0) is 11.8. The molecular weight excluding hydrogens is 200 g/mol. The van der Waals surface area contributed by atoms with E-state index in [1.54, 1.807) is 7.11 Å². The third-order valence-electron chi connectivity index (χ3n) is 2.30. The standard InChI is InChI=1S/C13H22N2O/c1-11(2)15-10-12-4-6-13(7-5-12)14-8-9-16-3/h4-7,11,14-15H,8-10H2,1-3H3. The van der Waals surface area contributed by atoms with Gasteiger partial charge in [0.25, 0.3) is 0 Å². The second kappa shape index (κ2) is 7.25. The van der Waals surface area contributed by atoms with Crippen molar-refractivity contribution in [2.45, 2.75) is 26.4 Å². The van der Waals surface area contributed by atoms with Crippen molar-refractivity contribution >= 4 is 5.69 Å². The lowest BCUT2D eigenvalue weighted by Crippen LogP contribution is -2.21. The molecule has 0 unspecified atom stereocenters. The third-order valence-corrected chi connectivity index (χ3v) is 2.30. The van der Waals surface area contributed by atoms with Crippen LogP contribution in [-0.2, 0) is 11.3 Å². The lowest BCUT2D eigenvalue weighted by atomic mass is 10.2. The molecule has 0 amide bonds. The average Bonchev–Trinajstić information content (AvgIpc) is 2.28. The maximum absolute atomic E-state index is 4.98. The molecule has 0 aliphatic heterocycles. The predicted molar refractivity (Wildman–Crippen MR) is 68.8 cm³/mol. The number of hydrogen-bond acceptors (Lipinski definition) is 3. The minimum atomic E-state index is 0.527. The van der Waals surface area contributed by atoms with Crippen LogP contribution >= 0.6 is 0 Å². The van der Waals surface area contributed by atoms with Crippen molar-refractivity contribution in [2.24, 2.45) is 0 Å². The molecule has 0 spiro atoms. The molecular formula is C13H22N2O. The van der Waals surface area contributed by atoms with Crippen LogP contribution in [0.4, 0.5) is 5.69 Å². The van der Waals surface area contributed by atoms with Gasteiger partial charge in [-0.25, -0.2) is 0 Å². The van der Waals surface area contributed by atoms with Gasteiger partial charge in [-0.05, 0) is 17.7 Å². The molecule has 0 fully saturated rings. The molecule has 2 N–H and O–H groups in total. The molecule has 90 valence electrons. The van der Waals surface area contributed by atoms with Crippen molar-refractivity contribution in [3.63, 3.8) is 0 Å². The summed E-state index contributed by atoms with van der Waals surface area (Å²) in [5.41, 5.74) is 2.45. The number of benzene rings is 1. The van der Waals surface area contributed by atoms with E-state index in [0.717, 1.165) is 25.4 Å². The topological polar surface area (TPSA) is 33.3 Å². The van der Waals surface area contributed by atoms with Crippen LogP contribution in [0.25, 0.3) is 0 Å². The van der Waals surface area contributed by atoms with E-state index in [9.17, 15) is 0 Å². The molecule has 0 radical (unpaired) electrons. The van der Waals surface area contributed by atoms with Crippen molar-refractivity contribution < 1.29 is 4.74 Å². The Morgan fingerprint density at radius 3 is 2.44 bits per heavy atom. The minimum Gasteiger partial charge on any atom is -0.383 e. The number of anilines is 1. The summed E-state index contributed by atoms with van der Waals surface area (Å²) in [4.78, 5) is 0. The lowest BCUT2D eigenvalue weighted by Gasteiger charge is -2.09. The molecule has 0 aliphatic rings. The smallest absolute Gasteiger partial charge is 0.0635 e. The van der Waals surface area contributed by atoms with Crippen molar-refractivity contribution in [1.29, 1.82) is 0 Å². The van der Waals surface area contributed by atoms with E-state index < -0.39 is 0 Å². The van der Waals surface area contributed by atoms with E-state index in [4.69, 9.17) is 4.74 Å². The average molecular weight is 222 g/mol. The van der Waals surface area contributed by atoms with Crippen LogP contribution in [0.2, 0.25) is 0 Å². The molecule has 0 aromatic heterocycles. The highest BCUT2D eigenvalue weighted by atomic mass is 16.5. The van der Waals surface area contributed by atoms with Crippen molar-refractivity contribution in [3.8, 4) is 0 Å². The summed E-state index contributed by atoms with van der Waals surface area (Å²) >= 11 is 0. The molecule has 1 rings (SSSR count). The van der Waals surface area contributed by atoms with E-state index in [-0.39, 0.29) is 0 Å². The summed E-state index contributed by atoms with van der Waals surface area (Å²) in [7, 11) is 1.71. The molecule has 3 nitrogen and oxygen atoms in total. The van der Waals surface area contributed by atoms with Gasteiger partial charge in [0, 0.05) is 31.9 Å². The van der Waals surface area contributed by atoms with E-state index in [1.165, 1.54) is 5.56 Å². The highest BCUT2D eigenvalue weighted by molar-refractivity contribution is 5.44. The van der Waals surface area contributed by atoms with Crippen LogP contribution in [0.15, 0.2) is 24.3 Å². The Balaban J connectivity index is 2.35. The van der Waals surface area contributed by atoms with Crippen LogP contribution < -0.4 is 10.6 Å². The minimum absolute atomic E-state index is 0.527. The van der Waals surface area contributed by atoms with Crippen molar-refractivity contribution in [1.82, 2.24) is 5.32 Å². The van der Waals surface area contributed by atoms with Gasteiger partial charge >= 0.3 is 0 Å². The quantitative estimate of drug-likeness (QED) is 0.694. The van der Waals surface area contributed by atoms with Crippen LogP contribution in [0.1, 0.15) is 19.4 Å². The second-order valence-electron chi connectivity index (χ2n) is 4.15. The molecule has 1 aromatic rings. The summed E-state index contributed by atoms with van der Waals surface area (Å²) in [6.07, 6.45) is 0. The summed E-state index contributed by atoms with van der Waals surface area (Å²) in [5.74, 6) is 0. The van der Waals surface area contributed by atoms with Gasteiger partial charge in [0.15, 0.2) is 0 Å². The summed E-state index contributed by atoms with van der Waals surface area (Å²) in [5, 5.41) is 6.69. The molecule has 0 atom stereocenters. The molecule has 0 aliphatic carbocycles. The fraction of sp³-hybridized carbons (Fsp3) is 0.538. The highest BCUT2D eigenvalue weighted by Gasteiger charge is 1.96. The normalized spacial score (nSPS) is 10.8. The number of hydrogen-bond donors (Lipinski definition) is 2. The zero-order valence-corrected chi connectivity index (χ0v) is 10.4. The van der Waals surface area contributed by atoms with Crippen LogP contribution in [0.5, 0.6) is 0 Å². The van der Waals surface area contributed by atoms with Gasteiger partial charge in [0.05, 0.1) is 6.61 Å². The van der Waals surface area contributed by atoms with E-state index >= 15 is 0 Å². The number of ether oxygens (including phenoxy) is 1. The summed E-state index contributed by atoms with van der Waals surface area (Å²) in [6, 6.07) is 9.02. The van der Waals surface area contributed by atoms with Crippen LogP contribution in [0.3, 0.4) is 0 Å². The number of rotatable bonds is 7. The van der Waals surface area contributed by atoms with Gasteiger partial charge < -0.3 is 15.4 Å². The predicted octanol–water partition coefficient (Wildman–Crippen LogP) is 2.24. The largest absolute Gasteiger partial charge is 0.383 e. The first-order valence-corrected chi connectivity index (χ1v) is 5.77. The molecule has 0 bridgehead atoms. The van der Waals surface area contributed by atoms with E-state index in [1.807, 2.05) is 0 Å². The first-order valence-electron chi connectivity index (χ1n) is 5.77. The lowest BCUT2D eigenvalue weighted by molar-refractivity contribution is 0.211. The Bertz CT molecular complexity index is 282. The Morgan fingerprint density at radius 1 is 1.19 bits per heavy atom. The molecule has 3 heteroatoms. The van der Waals surface area contributed by atoms with Crippen LogP contribution in [-0.4, -0.2) is 26.3 Å². The Morgan fingerprint density at radius 2 is 1.88 bits per heavy atom. The Hall–Kier alpha value is -1.06. The first-order chi connectivity index (χ1) is 7.72. The van der Waals surface area contributed by atoms with Gasteiger partial charge in [-0.3, -0.25) is 0 Å². The van der Waals surface area contributed by atoms with Crippen molar-refractivity contribution in [2.75, 3.05) is 25.6 Å². The van der Waals surface area contributed by atoms with E-state index in [0.29, 0.717) is 6.04 Å². The monoisotopic (exact) mass is 222 g/mol. The zero-order valence-electron chi connectivity index (χ0n) is 10.4. The maximum atomic E-state index is 4.98. The molecule has 1 aromatic carbocycles. The molecule has 0 saturated heterocycles. The van der Waals surface area contributed by atoms with Gasteiger partial charge in [0.1, 0.15) is 0 Å². The summed E-state index contributed by atoms with van der Waals surface area (Å²) < 4.78 is 4.98. The van der Waals surface area contributed by atoms with Gasteiger partial charge in [-0.2, -0.15) is 0 Å². The third kappa shape index (κ3) is 5.14. The number of methoxy groups -OCH3 is 1. The molecule has 0 saturated carbocycles. The van der Waals surface area contributed by atoms with Crippen molar-refractivity contribution in [3.05, 3.63) is 29.8 Å². The Kier molecular flexibility index (Phi) is 5.90. The SMILES string of the molecule is COCCNc1ccc(CNC(C)C)cc1.